The highest BCUT2D eigenvalue weighted by atomic mass is 32.3. The van der Waals surface area contributed by atoms with Crippen molar-refractivity contribution in [1.82, 2.24) is 0 Å². The molecule has 0 saturated heterocycles. The van der Waals surface area contributed by atoms with Crippen LogP contribution in [0.1, 0.15) is 91.9 Å². The maximum atomic E-state index is 12.7. The summed E-state index contributed by atoms with van der Waals surface area (Å²) in [7, 11) is -3.50. The minimum absolute atomic E-state index is 0.0380. The van der Waals surface area contributed by atoms with E-state index in [1.807, 2.05) is 0 Å². The van der Waals surface area contributed by atoms with E-state index in [0.717, 1.165) is 32.1 Å². The zero-order valence-electron chi connectivity index (χ0n) is 15.8. The smallest absolute Gasteiger partial charge is 0.277 e. The molecule has 0 spiro atoms. The highest BCUT2D eigenvalue weighted by Crippen LogP contribution is 2.37. The van der Waals surface area contributed by atoms with Gasteiger partial charge in [-0.05, 0) is 44.5 Å². The van der Waals surface area contributed by atoms with Gasteiger partial charge in [0.1, 0.15) is 5.78 Å². The Morgan fingerprint density at radius 3 is 2.00 bits per heavy atom. The van der Waals surface area contributed by atoms with Crippen molar-refractivity contribution >= 4 is 28.8 Å². The first-order valence-corrected chi connectivity index (χ1v) is 11.2. The van der Waals surface area contributed by atoms with Crippen molar-refractivity contribution in [3.05, 3.63) is 0 Å². The van der Waals surface area contributed by atoms with Crippen molar-refractivity contribution in [3.63, 3.8) is 0 Å². The van der Waals surface area contributed by atoms with E-state index in [1.165, 1.54) is 12.8 Å². The minimum Gasteiger partial charge on any atom is -0.299 e. The summed E-state index contributed by atoms with van der Waals surface area (Å²) in [6.45, 7) is 8.55. The third-order valence-corrected chi connectivity index (χ3v) is 6.66. The Hall–Kier alpha value is -0.0700. The van der Waals surface area contributed by atoms with Crippen LogP contribution in [0.15, 0.2) is 0 Å². The normalized spacial score (nSPS) is 12.8. The van der Waals surface area contributed by atoms with E-state index in [2.05, 4.69) is 44.2 Å². The van der Waals surface area contributed by atoms with E-state index < -0.39 is 10.1 Å². The molecule has 144 valence electrons. The summed E-state index contributed by atoms with van der Waals surface area (Å²) >= 11 is 3.33. The summed E-state index contributed by atoms with van der Waals surface area (Å²) in [6, 6.07) is 0. The molecule has 0 unspecified atom stereocenters. The summed E-state index contributed by atoms with van der Waals surface area (Å²) in [6.07, 6.45) is 9.39. The molecule has 0 rings (SSSR count). The van der Waals surface area contributed by atoms with Crippen LogP contribution in [0.4, 0.5) is 0 Å². The van der Waals surface area contributed by atoms with Gasteiger partial charge in [0, 0.05) is 11.8 Å². The van der Waals surface area contributed by atoms with Gasteiger partial charge in [0.25, 0.3) is 10.1 Å². The first-order valence-electron chi connectivity index (χ1n) is 9.30. The first-order chi connectivity index (χ1) is 11.2. The topological polar surface area (TPSA) is 60.4 Å². The fraction of sp³-hybridized carbons (Fsp3) is 0.944. The maximum absolute atomic E-state index is 12.7. The Morgan fingerprint density at radius 1 is 1.00 bits per heavy atom. The van der Waals surface area contributed by atoms with E-state index in [1.54, 1.807) is 0 Å². The minimum atomic E-state index is -3.50. The molecule has 0 aromatic carbocycles. The average Bonchev–Trinajstić information content (AvgIpc) is 2.54. The van der Waals surface area contributed by atoms with Gasteiger partial charge in [-0.1, -0.05) is 59.8 Å². The van der Waals surface area contributed by atoms with Gasteiger partial charge in [0.2, 0.25) is 0 Å². The molecule has 0 bridgehead atoms. The van der Waals surface area contributed by atoms with Crippen LogP contribution in [-0.2, 0) is 18.5 Å². The van der Waals surface area contributed by atoms with Crippen molar-refractivity contribution in [2.24, 2.45) is 11.3 Å². The Balaban J connectivity index is 4.40. The molecule has 4 nitrogen and oxygen atoms in total. The number of carbonyl (C=O) groups is 1. The highest BCUT2D eigenvalue weighted by molar-refractivity contribution is 7.95. The fourth-order valence-electron chi connectivity index (χ4n) is 3.10. The molecule has 0 aliphatic heterocycles. The van der Waals surface area contributed by atoms with Crippen molar-refractivity contribution in [3.8, 4) is 0 Å². The molecule has 0 fully saturated rings. The molecule has 24 heavy (non-hydrogen) atoms. The van der Waals surface area contributed by atoms with Crippen LogP contribution in [0, 0.1) is 11.3 Å². The predicted molar refractivity (Wildman–Crippen MR) is 104 cm³/mol. The van der Waals surface area contributed by atoms with E-state index in [9.17, 15) is 13.2 Å². The molecule has 0 aromatic heterocycles. The van der Waals surface area contributed by atoms with Crippen LogP contribution in [0.2, 0.25) is 0 Å². The third-order valence-electron chi connectivity index (χ3n) is 4.96. The lowest BCUT2D eigenvalue weighted by Gasteiger charge is -2.33. The maximum Gasteiger partial charge on any atom is 0.277 e. The number of carbonyl (C=O) groups excluding carboxylic acids is 1. The number of thiol groups is 1. The molecule has 0 amide bonds. The molecule has 0 radical (unpaired) electrons. The standard InChI is InChI=1S/C18H36O4S2/c1-5-7-12-16(13-8-6-2)18(3,4)17(19)14-10-9-11-15-24(20,21)22-23/h16,23H,5-15H2,1-4H3. The van der Waals surface area contributed by atoms with Crippen LogP contribution in [0.5, 0.6) is 0 Å². The second-order valence-electron chi connectivity index (χ2n) is 7.27. The quantitative estimate of drug-likeness (QED) is 0.237. The van der Waals surface area contributed by atoms with Crippen LogP contribution in [0.25, 0.3) is 0 Å². The summed E-state index contributed by atoms with van der Waals surface area (Å²) in [5.74, 6) is 0.722. The number of hydrogen-bond donors (Lipinski definition) is 1. The van der Waals surface area contributed by atoms with Crippen LogP contribution in [-0.4, -0.2) is 20.0 Å². The van der Waals surface area contributed by atoms with Gasteiger partial charge in [-0.25, -0.2) is 3.63 Å². The van der Waals surface area contributed by atoms with Crippen molar-refractivity contribution in [2.75, 3.05) is 5.75 Å². The molecule has 0 aliphatic carbocycles. The second kappa shape index (κ2) is 12.3. The van der Waals surface area contributed by atoms with E-state index in [0.29, 0.717) is 31.0 Å². The lowest BCUT2D eigenvalue weighted by molar-refractivity contribution is -0.130. The van der Waals surface area contributed by atoms with E-state index in [-0.39, 0.29) is 11.2 Å². The molecule has 6 heteroatoms. The van der Waals surface area contributed by atoms with Crippen LogP contribution in [0.3, 0.4) is 0 Å². The molecule has 0 heterocycles. The van der Waals surface area contributed by atoms with Crippen molar-refractivity contribution in [1.29, 1.82) is 0 Å². The Labute approximate surface area is 154 Å². The predicted octanol–water partition coefficient (Wildman–Crippen LogP) is 5.33. The Bertz CT molecular complexity index is 436. The third kappa shape index (κ3) is 9.42. The average molecular weight is 381 g/mol. The monoisotopic (exact) mass is 380 g/mol. The van der Waals surface area contributed by atoms with Gasteiger partial charge in [0.05, 0.1) is 5.75 Å². The summed E-state index contributed by atoms with van der Waals surface area (Å²) in [4.78, 5) is 12.7. The summed E-state index contributed by atoms with van der Waals surface area (Å²) in [5.41, 5.74) is -0.287. The number of hydrogen-bond acceptors (Lipinski definition) is 5. The molecule has 0 N–H and O–H groups in total. The number of rotatable bonds is 15. The van der Waals surface area contributed by atoms with Gasteiger partial charge in [-0.2, -0.15) is 8.42 Å². The summed E-state index contributed by atoms with van der Waals surface area (Å²) in [5, 5.41) is 0. The molecule has 0 atom stereocenters. The zero-order chi connectivity index (χ0) is 18.6. The fourth-order valence-corrected chi connectivity index (χ4v) is 3.95. The number of unbranched alkanes of at least 4 members (excludes halogenated alkanes) is 4. The molecule has 0 aromatic rings. The molecular weight excluding hydrogens is 344 g/mol. The van der Waals surface area contributed by atoms with Crippen molar-refractivity contribution < 1.29 is 16.8 Å². The lowest BCUT2D eigenvalue weighted by Crippen LogP contribution is -2.33. The lowest BCUT2D eigenvalue weighted by atomic mass is 9.70. The Morgan fingerprint density at radius 2 is 1.54 bits per heavy atom. The summed E-state index contributed by atoms with van der Waals surface area (Å²) < 4.78 is 26.5. The van der Waals surface area contributed by atoms with Crippen LogP contribution >= 0.6 is 12.9 Å². The number of ketones is 1. The van der Waals surface area contributed by atoms with Gasteiger partial charge >= 0.3 is 0 Å². The van der Waals surface area contributed by atoms with Gasteiger partial charge < -0.3 is 0 Å². The van der Waals surface area contributed by atoms with Crippen LogP contribution < -0.4 is 0 Å². The van der Waals surface area contributed by atoms with E-state index in [4.69, 9.17) is 0 Å². The van der Waals surface area contributed by atoms with Crippen molar-refractivity contribution in [2.45, 2.75) is 91.9 Å². The van der Waals surface area contributed by atoms with Gasteiger partial charge in [-0.3, -0.25) is 4.79 Å². The first kappa shape index (κ1) is 23.9. The largest absolute Gasteiger partial charge is 0.299 e. The highest BCUT2D eigenvalue weighted by Gasteiger charge is 2.34. The molecule has 0 aliphatic rings. The second-order valence-corrected chi connectivity index (χ2v) is 9.39. The molecular formula is C18H36O4S2. The SMILES string of the molecule is CCCCC(CCCC)C(C)(C)C(=O)CCCCCS(=O)(=O)OS. The van der Waals surface area contributed by atoms with Gasteiger partial charge in [0.15, 0.2) is 0 Å². The van der Waals surface area contributed by atoms with Gasteiger partial charge in [-0.15, -0.1) is 0 Å². The molecule has 0 saturated carbocycles. The Kier molecular flexibility index (Phi) is 12.3. The zero-order valence-corrected chi connectivity index (χ0v) is 17.6. The number of Topliss-reactive ketones (excluding diaryl/α,β-unsaturated/α-hetero) is 1. The van der Waals surface area contributed by atoms with E-state index >= 15 is 0 Å².